The van der Waals surface area contributed by atoms with Gasteiger partial charge in [-0.3, -0.25) is 0 Å². The first-order chi connectivity index (χ1) is 8.76. The summed E-state index contributed by atoms with van der Waals surface area (Å²) < 4.78 is 6.72. The summed E-state index contributed by atoms with van der Waals surface area (Å²) >= 11 is 3.42. The summed E-state index contributed by atoms with van der Waals surface area (Å²) in [5, 5.41) is 8.96. The van der Waals surface area contributed by atoms with Crippen LogP contribution in [0.2, 0.25) is 0 Å². The van der Waals surface area contributed by atoms with Gasteiger partial charge >= 0.3 is 0 Å². The second-order valence-corrected chi connectivity index (χ2v) is 4.66. The number of benzene rings is 1. The molecule has 0 amide bonds. The van der Waals surface area contributed by atoms with Crippen molar-refractivity contribution in [3.05, 3.63) is 40.9 Å². The maximum absolute atomic E-state index is 5.71. The van der Waals surface area contributed by atoms with E-state index in [9.17, 15) is 0 Å². The Morgan fingerprint density at radius 2 is 2.00 bits per heavy atom. The number of hydrazine groups is 1. The fourth-order valence-corrected chi connectivity index (χ4v) is 2.06. The van der Waals surface area contributed by atoms with Crippen molar-refractivity contribution in [3.8, 4) is 11.5 Å². The lowest BCUT2D eigenvalue weighted by atomic mass is 10.2. The van der Waals surface area contributed by atoms with Gasteiger partial charge in [-0.1, -0.05) is 15.9 Å². The average molecular weight is 305 g/mol. The summed E-state index contributed by atoms with van der Waals surface area (Å²) in [6.45, 7) is 0. The van der Waals surface area contributed by atoms with Gasteiger partial charge in [0.2, 0.25) is 0 Å². The summed E-state index contributed by atoms with van der Waals surface area (Å²) in [7, 11) is 0. The van der Waals surface area contributed by atoms with Crippen LogP contribution < -0.4 is 11.3 Å². The Morgan fingerprint density at radius 3 is 2.72 bits per heavy atom. The van der Waals surface area contributed by atoms with Crippen molar-refractivity contribution in [2.24, 2.45) is 5.84 Å². The second kappa shape index (κ2) is 4.40. The van der Waals surface area contributed by atoms with Crippen molar-refractivity contribution in [1.29, 1.82) is 0 Å². The van der Waals surface area contributed by atoms with E-state index >= 15 is 0 Å². The number of halogens is 1. The van der Waals surface area contributed by atoms with Crippen molar-refractivity contribution in [3.63, 3.8) is 0 Å². The van der Waals surface area contributed by atoms with Crippen LogP contribution in [0.15, 0.2) is 45.3 Å². The third kappa shape index (κ3) is 1.96. The third-order valence-electron chi connectivity index (χ3n) is 2.54. The van der Waals surface area contributed by atoms with Gasteiger partial charge in [0.05, 0.1) is 0 Å². The molecule has 0 bridgehead atoms. The summed E-state index contributed by atoms with van der Waals surface area (Å²) in [6.07, 6.45) is 0. The predicted molar refractivity (Wildman–Crippen MR) is 72.8 cm³/mol. The van der Waals surface area contributed by atoms with E-state index in [-0.39, 0.29) is 0 Å². The van der Waals surface area contributed by atoms with Crippen LogP contribution in [0.5, 0.6) is 0 Å². The first-order valence-electron chi connectivity index (χ1n) is 5.26. The molecule has 0 fully saturated rings. The van der Waals surface area contributed by atoms with Crippen molar-refractivity contribution in [2.75, 3.05) is 5.43 Å². The van der Waals surface area contributed by atoms with Crippen molar-refractivity contribution in [2.45, 2.75) is 0 Å². The van der Waals surface area contributed by atoms with Gasteiger partial charge in [-0.25, -0.2) is 5.84 Å². The highest BCUT2D eigenvalue weighted by Crippen LogP contribution is 2.28. The molecule has 0 atom stereocenters. The molecule has 0 saturated heterocycles. The molecule has 0 radical (unpaired) electrons. The zero-order valence-corrected chi connectivity index (χ0v) is 10.8. The summed E-state index contributed by atoms with van der Waals surface area (Å²) in [5.41, 5.74) is 3.91. The predicted octanol–water partition coefficient (Wildman–Crippen LogP) is 2.94. The minimum absolute atomic E-state index is 0.512. The average Bonchev–Trinajstić information content (AvgIpc) is 2.81. The number of furan rings is 1. The van der Waals surface area contributed by atoms with Gasteiger partial charge in [0.25, 0.3) is 0 Å². The Balaban J connectivity index is 2.07. The summed E-state index contributed by atoms with van der Waals surface area (Å²) in [6, 6.07) is 11.3. The van der Waals surface area contributed by atoms with E-state index in [0.717, 1.165) is 15.4 Å². The summed E-state index contributed by atoms with van der Waals surface area (Å²) in [4.78, 5) is 0. The Bertz CT molecular complexity index is 693. The van der Waals surface area contributed by atoms with E-state index in [4.69, 9.17) is 10.3 Å². The topological polar surface area (TPSA) is 77.0 Å². The lowest BCUT2D eigenvalue weighted by molar-refractivity contribution is 0.627. The fraction of sp³-hybridized carbons (Fsp3) is 0. The second-order valence-electron chi connectivity index (χ2n) is 3.74. The number of aromatic nitrogens is 2. The third-order valence-corrected chi connectivity index (χ3v) is 3.04. The first kappa shape index (κ1) is 11.2. The van der Waals surface area contributed by atoms with Crippen LogP contribution in [-0.2, 0) is 0 Å². The monoisotopic (exact) mass is 304 g/mol. The van der Waals surface area contributed by atoms with E-state index in [1.54, 1.807) is 12.1 Å². The Morgan fingerprint density at radius 1 is 1.11 bits per heavy atom. The van der Waals surface area contributed by atoms with Gasteiger partial charge in [0.15, 0.2) is 11.6 Å². The highest BCUT2D eigenvalue weighted by molar-refractivity contribution is 9.10. The number of nitrogens with two attached hydrogens (primary N) is 1. The molecule has 0 saturated carbocycles. The molecular weight excluding hydrogens is 296 g/mol. The first-order valence-corrected chi connectivity index (χ1v) is 6.05. The maximum atomic E-state index is 5.71. The van der Waals surface area contributed by atoms with Gasteiger partial charge in [-0.05, 0) is 36.4 Å². The molecule has 2 aromatic heterocycles. The van der Waals surface area contributed by atoms with Crippen LogP contribution in [0.25, 0.3) is 22.4 Å². The van der Waals surface area contributed by atoms with Crippen LogP contribution in [-0.4, -0.2) is 10.2 Å². The van der Waals surface area contributed by atoms with E-state index in [0.29, 0.717) is 17.3 Å². The van der Waals surface area contributed by atoms with Crippen molar-refractivity contribution >= 4 is 32.7 Å². The van der Waals surface area contributed by atoms with Gasteiger partial charge in [0.1, 0.15) is 11.3 Å². The van der Waals surface area contributed by atoms with E-state index in [1.165, 1.54) is 0 Å². The molecule has 0 aliphatic carbocycles. The zero-order chi connectivity index (χ0) is 12.5. The molecule has 1 aromatic carbocycles. The van der Waals surface area contributed by atoms with Crippen LogP contribution in [0.4, 0.5) is 5.82 Å². The smallest absolute Gasteiger partial charge is 0.162 e. The normalized spacial score (nSPS) is 10.8. The van der Waals surface area contributed by atoms with Crippen LogP contribution >= 0.6 is 15.9 Å². The molecule has 3 rings (SSSR count). The molecule has 3 aromatic rings. The van der Waals surface area contributed by atoms with Gasteiger partial charge in [0, 0.05) is 9.86 Å². The minimum atomic E-state index is 0.512. The Hall–Kier alpha value is -1.92. The number of nitrogens with zero attached hydrogens (tertiary/aromatic N) is 2. The molecule has 0 aliphatic rings. The minimum Gasteiger partial charge on any atom is -0.454 e. The molecule has 18 heavy (non-hydrogen) atoms. The summed E-state index contributed by atoms with van der Waals surface area (Å²) in [5.74, 6) is 6.43. The maximum Gasteiger partial charge on any atom is 0.162 e. The van der Waals surface area contributed by atoms with Crippen molar-refractivity contribution < 1.29 is 4.42 Å². The fourth-order valence-electron chi connectivity index (χ4n) is 1.68. The highest BCUT2D eigenvalue weighted by atomic mass is 79.9. The molecule has 0 unspecified atom stereocenters. The molecule has 0 aliphatic heterocycles. The Labute approximate surface area is 111 Å². The quantitative estimate of drug-likeness (QED) is 0.562. The van der Waals surface area contributed by atoms with Gasteiger partial charge in [-0.15, -0.1) is 10.2 Å². The van der Waals surface area contributed by atoms with Crippen molar-refractivity contribution in [1.82, 2.24) is 10.2 Å². The van der Waals surface area contributed by atoms with Crippen LogP contribution in [0.3, 0.4) is 0 Å². The highest BCUT2D eigenvalue weighted by Gasteiger charge is 2.08. The van der Waals surface area contributed by atoms with E-state index in [1.807, 2.05) is 24.3 Å². The molecule has 0 spiro atoms. The van der Waals surface area contributed by atoms with Gasteiger partial charge in [-0.2, -0.15) is 0 Å². The number of nitrogen functional groups attached to an aromatic ring is 1. The van der Waals surface area contributed by atoms with Crippen LogP contribution in [0.1, 0.15) is 0 Å². The SMILES string of the molecule is NNc1ccc(-c2cc3cc(Br)ccc3o2)nn1. The number of rotatable bonds is 2. The number of hydrogen-bond donors (Lipinski definition) is 2. The number of hydrogen-bond acceptors (Lipinski definition) is 5. The molecule has 5 nitrogen and oxygen atoms in total. The standard InChI is InChI=1S/C12H9BrN4O/c13-8-1-3-10-7(5-8)6-11(18-10)9-2-4-12(15-14)17-16-9/h1-6H,14H2,(H,15,17). The largest absolute Gasteiger partial charge is 0.454 e. The lowest BCUT2D eigenvalue weighted by Crippen LogP contribution is -2.08. The number of fused-ring (bicyclic) bond motifs is 1. The Kier molecular flexibility index (Phi) is 2.73. The number of nitrogens with one attached hydrogen (secondary N) is 1. The lowest BCUT2D eigenvalue weighted by Gasteiger charge is -1.97. The van der Waals surface area contributed by atoms with Gasteiger partial charge < -0.3 is 9.84 Å². The van der Waals surface area contributed by atoms with E-state index < -0.39 is 0 Å². The van der Waals surface area contributed by atoms with E-state index in [2.05, 4.69) is 31.6 Å². The molecule has 3 N–H and O–H groups in total. The van der Waals surface area contributed by atoms with Crippen LogP contribution in [0, 0.1) is 0 Å². The molecule has 2 heterocycles. The molecule has 90 valence electrons. The molecule has 6 heteroatoms. The molecular formula is C12H9BrN4O. The zero-order valence-electron chi connectivity index (χ0n) is 9.22. The number of anilines is 1.